The smallest absolute Gasteiger partial charge is 0.410 e. The summed E-state index contributed by atoms with van der Waals surface area (Å²) >= 11 is 0. The van der Waals surface area contributed by atoms with Gasteiger partial charge in [0.25, 0.3) is 0 Å². The second-order valence-electron chi connectivity index (χ2n) is 7.32. The van der Waals surface area contributed by atoms with Gasteiger partial charge in [0, 0.05) is 65.3 Å². The van der Waals surface area contributed by atoms with Gasteiger partial charge in [0.2, 0.25) is 0 Å². The Labute approximate surface area is 144 Å². The van der Waals surface area contributed by atoms with Gasteiger partial charge < -0.3 is 24.0 Å². The van der Waals surface area contributed by atoms with E-state index in [2.05, 4.69) is 16.8 Å². The van der Waals surface area contributed by atoms with E-state index in [1.54, 1.807) is 7.11 Å². The molecule has 7 nitrogen and oxygen atoms in total. The monoisotopic (exact) mass is 341 g/mol. The van der Waals surface area contributed by atoms with Gasteiger partial charge in [-0.05, 0) is 13.5 Å². The van der Waals surface area contributed by atoms with Crippen molar-refractivity contribution in [2.45, 2.75) is 30.9 Å². The number of methoxy groups -OCH3 is 1. The highest BCUT2D eigenvalue weighted by atomic mass is 16.6. The Balaban J connectivity index is 1.44. The van der Waals surface area contributed by atoms with Crippen LogP contribution in [0.3, 0.4) is 0 Å². The third-order valence-electron chi connectivity index (χ3n) is 5.60. The lowest BCUT2D eigenvalue weighted by molar-refractivity contribution is -0.0111. The summed E-state index contributed by atoms with van der Waals surface area (Å²) < 4.78 is 16.4. The van der Waals surface area contributed by atoms with Crippen molar-refractivity contribution in [1.82, 2.24) is 14.7 Å². The molecule has 0 aromatic heterocycles. The molecule has 3 heterocycles. The molecule has 138 valence electrons. The van der Waals surface area contributed by atoms with Crippen molar-refractivity contribution < 1.29 is 19.0 Å². The zero-order chi connectivity index (χ0) is 17.0. The number of rotatable bonds is 7. The zero-order valence-electron chi connectivity index (χ0n) is 15.0. The SMILES string of the molecule is COCCN(C)CCN1CC2(CCN([C@@H]3CCOC3)CC2)OC1=O. The van der Waals surface area contributed by atoms with E-state index in [4.69, 9.17) is 14.2 Å². The van der Waals surface area contributed by atoms with Crippen LogP contribution in [0.4, 0.5) is 4.79 Å². The van der Waals surface area contributed by atoms with Gasteiger partial charge in [-0.1, -0.05) is 0 Å². The highest BCUT2D eigenvalue weighted by molar-refractivity contribution is 5.70. The summed E-state index contributed by atoms with van der Waals surface area (Å²) in [6, 6.07) is 0.560. The van der Waals surface area contributed by atoms with Gasteiger partial charge in [-0.2, -0.15) is 0 Å². The van der Waals surface area contributed by atoms with E-state index in [1.165, 1.54) is 0 Å². The van der Waals surface area contributed by atoms with E-state index in [-0.39, 0.29) is 11.7 Å². The second-order valence-corrected chi connectivity index (χ2v) is 7.32. The van der Waals surface area contributed by atoms with Crippen molar-refractivity contribution in [2.24, 2.45) is 0 Å². The predicted octanol–water partition coefficient (Wildman–Crippen LogP) is 0.640. The van der Waals surface area contributed by atoms with Gasteiger partial charge in [-0.25, -0.2) is 4.79 Å². The molecule has 3 aliphatic heterocycles. The van der Waals surface area contributed by atoms with Crippen molar-refractivity contribution in [3.8, 4) is 0 Å². The molecule has 0 unspecified atom stereocenters. The molecule has 0 aliphatic carbocycles. The van der Waals surface area contributed by atoms with E-state index in [0.717, 1.165) is 71.7 Å². The molecule has 0 saturated carbocycles. The van der Waals surface area contributed by atoms with Crippen LogP contribution in [0.2, 0.25) is 0 Å². The standard InChI is InChI=1S/C17H31N3O4/c1-18(10-12-22-2)8-9-20-14-17(24-16(20)21)4-6-19(7-5-17)15-3-11-23-13-15/h15H,3-14H2,1-2H3/t15-/m1/s1. The van der Waals surface area contributed by atoms with E-state index in [0.29, 0.717) is 12.6 Å². The van der Waals surface area contributed by atoms with Crippen LogP contribution in [-0.4, -0.2) is 106 Å². The minimum atomic E-state index is -0.266. The van der Waals surface area contributed by atoms with Gasteiger partial charge in [0.1, 0.15) is 5.60 Å². The number of likely N-dealkylation sites (N-methyl/N-ethyl adjacent to an activating group) is 1. The van der Waals surface area contributed by atoms with Gasteiger partial charge >= 0.3 is 6.09 Å². The second kappa shape index (κ2) is 7.99. The summed E-state index contributed by atoms with van der Waals surface area (Å²) in [5.74, 6) is 0. The Bertz CT molecular complexity index is 420. The first-order valence-corrected chi connectivity index (χ1v) is 9.09. The first-order valence-electron chi connectivity index (χ1n) is 9.09. The lowest BCUT2D eigenvalue weighted by atomic mass is 9.90. The van der Waals surface area contributed by atoms with Crippen LogP contribution in [0.15, 0.2) is 0 Å². The molecule has 7 heteroatoms. The number of nitrogens with zero attached hydrogens (tertiary/aromatic N) is 3. The average molecular weight is 341 g/mol. The molecule has 3 fully saturated rings. The number of amides is 1. The normalized spacial score (nSPS) is 27.4. The van der Waals surface area contributed by atoms with Crippen molar-refractivity contribution in [1.29, 1.82) is 0 Å². The lowest BCUT2D eigenvalue weighted by Gasteiger charge is -2.39. The average Bonchev–Trinajstić information content (AvgIpc) is 3.21. The van der Waals surface area contributed by atoms with Crippen LogP contribution in [0.1, 0.15) is 19.3 Å². The van der Waals surface area contributed by atoms with Crippen LogP contribution < -0.4 is 0 Å². The third kappa shape index (κ3) is 4.20. The summed E-state index contributed by atoms with van der Waals surface area (Å²) in [4.78, 5) is 18.8. The van der Waals surface area contributed by atoms with E-state index < -0.39 is 0 Å². The Hall–Kier alpha value is -0.890. The fourth-order valence-electron chi connectivity index (χ4n) is 3.88. The van der Waals surface area contributed by atoms with Crippen molar-refractivity contribution in [3.05, 3.63) is 0 Å². The van der Waals surface area contributed by atoms with Crippen molar-refractivity contribution in [2.75, 3.05) is 73.2 Å². The highest BCUT2D eigenvalue weighted by Gasteiger charge is 2.47. The number of carbonyl (C=O) groups excluding carboxylic acids is 1. The minimum Gasteiger partial charge on any atom is -0.441 e. The molecule has 0 bridgehead atoms. The Morgan fingerprint density at radius 1 is 1.33 bits per heavy atom. The topological polar surface area (TPSA) is 54.5 Å². The molecular weight excluding hydrogens is 310 g/mol. The van der Waals surface area contributed by atoms with Crippen LogP contribution in [0.25, 0.3) is 0 Å². The Kier molecular flexibility index (Phi) is 5.97. The maximum Gasteiger partial charge on any atom is 0.410 e. The number of carbonyl (C=O) groups is 1. The molecule has 0 N–H and O–H groups in total. The van der Waals surface area contributed by atoms with Gasteiger partial charge in [0.15, 0.2) is 0 Å². The molecule has 0 aromatic carbocycles. The van der Waals surface area contributed by atoms with Crippen LogP contribution in [0.5, 0.6) is 0 Å². The maximum atomic E-state index is 12.2. The Morgan fingerprint density at radius 3 is 2.79 bits per heavy atom. The molecule has 0 aromatic rings. The Morgan fingerprint density at radius 2 is 2.12 bits per heavy atom. The van der Waals surface area contributed by atoms with E-state index >= 15 is 0 Å². The van der Waals surface area contributed by atoms with Crippen molar-refractivity contribution >= 4 is 6.09 Å². The molecule has 1 amide bonds. The van der Waals surface area contributed by atoms with Crippen LogP contribution in [-0.2, 0) is 14.2 Å². The highest BCUT2D eigenvalue weighted by Crippen LogP contribution is 2.34. The summed E-state index contributed by atoms with van der Waals surface area (Å²) in [6.07, 6.45) is 2.86. The number of hydrogen-bond donors (Lipinski definition) is 0. The first kappa shape index (κ1) is 17.9. The molecule has 0 radical (unpaired) electrons. The van der Waals surface area contributed by atoms with Crippen LogP contribution >= 0.6 is 0 Å². The summed E-state index contributed by atoms with van der Waals surface area (Å²) in [5.41, 5.74) is -0.266. The minimum absolute atomic E-state index is 0.146. The fourth-order valence-corrected chi connectivity index (χ4v) is 3.88. The number of piperidine rings is 1. The molecule has 3 saturated heterocycles. The van der Waals surface area contributed by atoms with Gasteiger partial charge in [-0.3, -0.25) is 4.90 Å². The molecule has 3 rings (SSSR count). The van der Waals surface area contributed by atoms with E-state index in [9.17, 15) is 4.79 Å². The predicted molar refractivity (Wildman–Crippen MR) is 90.2 cm³/mol. The fraction of sp³-hybridized carbons (Fsp3) is 0.941. The lowest BCUT2D eigenvalue weighted by Crippen LogP contribution is -2.50. The molecule has 1 atom stereocenters. The van der Waals surface area contributed by atoms with Crippen LogP contribution in [0, 0.1) is 0 Å². The van der Waals surface area contributed by atoms with E-state index in [1.807, 2.05) is 4.90 Å². The summed E-state index contributed by atoms with van der Waals surface area (Å²) in [6.45, 7) is 7.64. The quantitative estimate of drug-likeness (QED) is 0.677. The van der Waals surface area contributed by atoms with Gasteiger partial charge in [-0.15, -0.1) is 0 Å². The summed E-state index contributed by atoms with van der Waals surface area (Å²) in [7, 11) is 3.76. The molecule has 3 aliphatic rings. The van der Waals surface area contributed by atoms with Gasteiger partial charge in [0.05, 0.1) is 19.8 Å². The summed E-state index contributed by atoms with van der Waals surface area (Å²) in [5, 5.41) is 0. The molecule has 1 spiro atoms. The third-order valence-corrected chi connectivity index (χ3v) is 5.60. The molecular formula is C17H31N3O4. The number of likely N-dealkylation sites (tertiary alicyclic amines) is 1. The first-order chi connectivity index (χ1) is 11.6. The largest absolute Gasteiger partial charge is 0.441 e. The maximum absolute atomic E-state index is 12.2. The molecule has 24 heavy (non-hydrogen) atoms. The zero-order valence-corrected chi connectivity index (χ0v) is 15.0. The number of hydrogen-bond acceptors (Lipinski definition) is 6. The number of ether oxygens (including phenoxy) is 3. The van der Waals surface area contributed by atoms with Crippen molar-refractivity contribution in [3.63, 3.8) is 0 Å².